The average Bonchev–Trinajstić information content (AvgIpc) is 1.14. The SMILES string of the molecule is O=S(=O)(O)OS(=O)(=O)O.[Mo]. The van der Waals surface area contributed by atoms with Crippen LogP contribution in [0.2, 0.25) is 0 Å². The minimum Gasteiger partial charge on any atom is -0.263 e. The Morgan fingerprint density at radius 3 is 1.10 bits per heavy atom. The molecule has 0 atom stereocenters. The summed E-state index contributed by atoms with van der Waals surface area (Å²) in [6.45, 7) is 0. The van der Waals surface area contributed by atoms with Crippen LogP contribution in [0.4, 0.5) is 0 Å². The van der Waals surface area contributed by atoms with Gasteiger partial charge in [-0.2, -0.15) is 16.8 Å². The van der Waals surface area contributed by atoms with E-state index in [0.29, 0.717) is 0 Å². The van der Waals surface area contributed by atoms with E-state index in [1.807, 2.05) is 0 Å². The Morgan fingerprint density at radius 1 is 0.900 bits per heavy atom. The largest absolute Gasteiger partial charge is 0.413 e. The predicted molar refractivity (Wildman–Crippen MR) is 24.2 cm³/mol. The first kappa shape index (κ1) is 13.1. The molecule has 0 amide bonds. The third-order valence-corrected chi connectivity index (χ3v) is 1.55. The van der Waals surface area contributed by atoms with Gasteiger partial charge in [0.25, 0.3) is 0 Å². The molecule has 0 radical (unpaired) electrons. The third-order valence-electron chi connectivity index (χ3n) is 0.172. The van der Waals surface area contributed by atoms with E-state index in [1.54, 1.807) is 0 Å². The Bertz CT molecular complexity index is 237. The Labute approximate surface area is 71.6 Å². The molecule has 0 saturated heterocycles. The summed E-state index contributed by atoms with van der Waals surface area (Å²) in [7, 11) is -10.2. The second-order valence-corrected chi connectivity index (χ2v) is 3.18. The Kier molecular flexibility index (Phi) is 4.90. The van der Waals surface area contributed by atoms with Crippen molar-refractivity contribution in [2.24, 2.45) is 0 Å². The molecule has 0 aromatic heterocycles. The zero-order chi connectivity index (χ0) is 7.71. The van der Waals surface area contributed by atoms with Crippen LogP contribution >= 0.6 is 0 Å². The van der Waals surface area contributed by atoms with Gasteiger partial charge in [0.1, 0.15) is 0 Å². The molecule has 0 unspecified atom stereocenters. The summed E-state index contributed by atoms with van der Waals surface area (Å²) >= 11 is 0. The molecular formula is H2MoO7S2. The fourth-order valence-corrected chi connectivity index (χ4v) is 0.978. The molecule has 0 spiro atoms. The van der Waals surface area contributed by atoms with Crippen LogP contribution in [0.15, 0.2) is 0 Å². The minimum atomic E-state index is -5.12. The van der Waals surface area contributed by atoms with E-state index in [2.05, 4.69) is 3.63 Å². The van der Waals surface area contributed by atoms with Crippen molar-refractivity contribution in [1.82, 2.24) is 0 Å². The smallest absolute Gasteiger partial charge is 0.263 e. The van der Waals surface area contributed by atoms with Crippen molar-refractivity contribution in [1.29, 1.82) is 0 Å². The van der Waals surface area contributed by atoms with Gasteiger partial charge >= 0.3 is 20.8 Å². The summed E-state index contributed by atoms with van der Waals surface area (Å²) in [5.74, 6) is 0. The maximum absolute atomic E-state index is 9.44. The van der Waals surface area contributed by atoms with Gasteiger partial charge < -0.3 is 0 Å². The quantitative estimate of drug-likeness (QED) is 0.470. The van der Waals surface area contributed by atoms with Crippen molar-refractivity contribution in [3.05, 3.63) is 0 Å². The van der Waals surface area contributed by atoms with Crippen molar-refractivity contribution >= 4 is 20.8 Å². The van der Waals surface area contributed by atoms with E-state index >= 15 is 0 Å². The summed E-state index contributed by atoms with van der Waals surface area (Å²) in [5.41, 5.74) is 0. The number of hydrogen-bond donors (Lipinski definition) is 2. The topological polar surface area (TPSA) is 118 Å². The van der Waals surface area contributed by atoms with Crippen molar-refractivity contribution in [3.8, 4) is 0 Å². The summed E-state index contributed by atoms with van der Waals surface area (Å²) in [4.78, 5) is 0. The zero-order valence-corrected chi connectivity index (χ0v) is 7.80. The van der Waals surface area contributed by atoms with Gasteiger partial charge in [0.2, 0.25) is 0 Å². The van der Waals surface area contributed by atoms with Crippen LogP contribution in [-0.4, -0.2) is 25.9 Å². The predicted octanol–water partition coefficient (Wildman–Crippen LogP) is -1.39. The van der Waals surface area contributed by atoms with Crippen molar-refractivity contribution in [2.75, 3.05) is 0 Å². The van der Waals surface area contributed by atoms with Crippen molar-refractivity contribution in [3.63, 3.8) is 0 Å². The molecule has 62 valence electrons. The van der Waals surface area contributed by atoms with Crippen LogP contribution in [0, 0.1) is 0 Å². The van der Waals surface area contributed by atoms with Gasteiger partial charge in [-0.1, -0.05) is 0 Å². The first-order valence-corrected chi connectivity index (χ1v) is 4.10. The maximum atomic E-state index is 9.44. The molecule has 0 aliphatic carbocycles. The van der Waals surface area contributed by atoms with Crippen LogP contribution in [-0.2, 0) is 45.5 Å². The van der Waals surface area contributed by atoms with Gasteiger partial charge in [-0.3, -0.25) is 9.11 Å². The molecule has 0 heterocycles. The van der Waals surface area contributed by atoms with E-state index in [4.69, 9.17) is 9.11 Å². The fourth-order valence-electron chi connectivity index (χ4n) is 0.109. The molecule has 7 nitrogen and oxygen atoms in total. The average molecular weight is 274 g/mol. The van der Waals surface area contributed by atoms with Crippen LogP contribution in [0.5, 0.6) is 0 Å². The molecule has 0 aromatic carbocycles. The molecule has 0 aliphatic heterocycles. The van der Waals surface area contributed by atoms with Gasteiger partial charge in [-0.25, -0.2) is 0 Å². The third kappa shape index (κ3) is 11.3. The molecule has 2 N–H and O–H groups in total. The summed E-state index contributed by atoms with van der Waals surface area (Å²) in [6, 6.07) is 0. The Morgan fingerprint density at radius 2 is 1.10 bits per heavy atom. The number of rotatable bonds is 2. The molecule has 0 aliphatic rings. The summed E-state index contributed by atoms with van der Waals surface area (Å²) in [6.07, 6.45) is 0. The Hall–Kier alpha value is 0.468. The maximum Gasteiger partial charge on any atom is 0.413 e. The second kappa shape index (κ2) is 3.74. The van der Waals surface area contributed by atoms with Crippen LogP contribution in [0.3, 0.4) is 0 Å². The molecule has 0 rings (SSSR count). The van der Waals surface area contributed by atoms with E-state index in [9.17, 15) is 16.8 Å². The zero-order valence-electron chi connectivity index (χ0n) is 4.16. The molecule has 0 aromatic rings. The van der Waals surface area contributed by atoms with Gasteiger partial charge in [-0.05, 0) is 0 Å². The van der Waals surface area contributed by atoms with Gasteiger partial charge in [0.15, 0.2) is 0 Å². The molecule has 10 heteroatoms. The monoisotopic (exact) mass is 276 g/mol. The minimum absolute atomic E-state index is 0. The molecular weight excluding hydrogens is 272 g/mol. The standard InChI is InChI=1S/Mo.H2O7S2/c;1-8(2,3)7-9(4,5)6/h;(H,1,2,3)(H,4,5,6). The molecule has 0 saturated carbocycles. The van der Waals surface area contributed by atoms with E-state index in [0.717, 1.165) is 0 Å². The first-order valence-electron chi connectivity index (χ1n) is 1.37. The van der Waals surface area contributed by atoms with Gasteiger partial charge in [0, 0.05) is 21.1 Å². The first-order chi connectivity index (χ1) is 3.71. The van der Waals surface area contributed by atoms with Crippen LogP contribution in [0.25, 0.3) is 0 Å². The van der Waals surface area contributed by atoms with E-state index in [-0.39, 0.29) is 21.1 Å². The van der Waals surface area contributed by atoms with Gasteiger partial charge in [0.05, 0.1) is 0 Å². The van der Waals surface area contributed by atoms with E-state index < -0.39 is 20.8 Å². The molecule has 0 bridgehead atoms. The normalized spacial score (nSPS) is 12.2. The Balaban J connectivity index is 0. The summed E-state index contributed by atoms with van der Waals surface area (Å²) < 4.78 is 55.6. The molecule has 10 heavy (non-hydrogen) atoms. The molecule has 0 fully saturated rings. The van der Waals surface area contributed by atoms with Crippen LogP contribution in [0.1, 0.15) is 0 Å². The second-order valence-electron chi connectivity index (χ2n) is 0.924. The fraction of sp³-hybridized carbons (Fsp3) is 0. The van der Waals surface area contributed by atoms with Crippen LogP contribution < -0.4 is 0 Å². The number of hydrogen-bond acceptors (Lipinski definition) is 5. The van der Waals surface area contributed by atoms with E-state index in [1.165, 1.54) is 0 Å². The summed E-state index contributed by atoms with van der Waals surface area (Å²) in [5, 5.41) is 0. The van der Waals surface area contributed by atoms with Gasteiger partial charge in [-0.15, -0.1) is 3.63 Å². The van der Waals surface area contributed by atoms with Crippen molar-refractivity contribution < 1.29 is 50.6 Å². The van der Waals surface area contributed by atoms with Crippen molar-refractivity contribution in [2.45, 2.75) is 0 Å².